The van der Waals surface area contributed by atoms with Gasteiger partial charge in [0.05, 0.1) is 5.52 Å². The van der Waals surface area contributed by atoms with Crippen LogP contribution in [0.25, 0.3) is 10.9 Å². The van der Waals surface area contributed by atoms with E-state index in [-0.39, 0.29) is 0 Å². The molecular formula is C17H13Cl2NO. The summed E-state index contributed by atoms with van der Waals surface area (Å²) in [5.74, 6) is 0.982. The third-order valence-corrected chi connectivity index (χ3v) is 3.91. The van der Waals surface area contributed by atoms with Gasteiger partial charge in [0.25, 0.3) is 0 Å². The van der Waals surface area contributed by atoms with Crippen LogP contribution in [-0.2, 0) is 12.5 Å². The first-order valence-corrected chi connectivity index (χ1v) is 7.50. The molecule has 21 heavy (non-hydrogen) atoms. The summed E-state index contributed by atoms with van der Waals surface area (Å²) in [5.41, 5.74) is 2.82. The summed E-state index contributed by atoms with van der Waals surface area (Å²) in [7, 11) is 0. The monoisotopic (exact) mass is 317 g/mol. The molecule has 3 rings (SSSR count). The highest BCUT2D eigenvalue weighted by molar-refractivity contribution is 6.31. The average Bonchev–Trinajstić information content (AvgIpc) is 2.53. The minimum absolute atomic E-state index is 0.382. The molecule has 0 saturated heterocycles. The van der Waals surface area contributed by atoms with Crippen LogP contribution in [-0.4, -0.2) is 4.98 Å². The van der Waals surface area contributed by atoms with E-state index in [2.05, 4.69) is 4.98 Å². The normalized spacial score (nSPS) is 10.8. The number of hydrogen-bond acceptors (Lipinski definition) is 2. The largest absolute Gasteiger partial charge is 0.473 e. The lowest BCUT2D eigenvalue weighted by Crippen LogP contribution is -1.99. The fraction of sp³-hybridized carbons (Fsp3) is 0.118. The topological polar surface area (TPSA) is 22.1 Å². The van der Waals surface area contributed by atoms with Crippen LogP contribution < -0.4 is 4.74 Å². The van der Waals surface area contributed by atoms with Crippen LogP contribution in [0.1, 0.15) is 11.1 Å². The smallest absolute Gasteiger partial charge is 0.214 e. The molecule has 0 spiro atoms. The van der Waals surface area contributed by atoms with Gasteiger partial charge in [-0.25, -0.2) is 4.98 Å². The summed E-state index contributed by atoms with van der Waals surface area (Å²) in [4.78, 5) is 4.50. The molecule has 2 aromatic carbocycles. The van der Waals surface area contributed by atoms with Crippen molar-refractivity contribution in [3.8, 4) is 5.88 Å². The van der Waals surface area contributed by atoms with Crippen LogP contribution >= 0.6 is 23.2 Å². The van der Waals surface area contributed by atoms with Crippen molar-refractivity contribution in [2.24, 2.45) is 0 Å². The van der Waals surface area contributed by atoms with Gasteiger partial charge in [-0.2, -0.15) is 0 Å². The first-order valence-electron chi connectivity index (χ1n) is 6.59. The third-order valence-electron chi connectivity index (χ3n) is 3.26. The molecule has 0 aliphatic carbocycles. The standard InChI is InChI=1S/C17H13Cl2NO/c18-10-13-9-17(20-16-8-4-2-6-14(13)16)21-11-12-5-1-3-7-15(12)19/h1-9H,10-11H2. The van der Waals surface area contributed by atoms with E-state index in [9.17, 15) is 0 Å². The van der Waals surface area contributed by atoms with E-state index in [1.165, 1.54) is 0 Å². The second-order valence-electron chi connectivity index (χ2n) is 4.65. The van der Waals surface area contributed by atoms with Crippen LogP contribution in [0.15, 0.2) is 54.6 Å². The van der Waals surface area contributed by atoms with Crippen molar-refractivity contribution in [2.45, 2.75) is 12.5 Å². The summed E-state index contributed by atoms with van der Waals surface area (Å²) >= 11 is 12.1. The summed E-state index contributed by atoms with van der Waals surface area (Å²) in [6.07, 6.45) is 0. The maximum Gasteiger partial charge on any atom is 0.214 e. The molecule has 0 saturated carbocycles. The van der Waals surface area contributed by atoms with Crippen molar-refractivity contribution in [3.05, 3.63) is 70.7 Å². The van der Waals surface area contributed by atoms with Crippen LogP contribution in [0.5, 0.6) is 5.88 Å². The summed E-state index contributed by atoms with van der Waals surface area (Å²) in [6, 6.07) is 17.4. The number of ether oxygens (including phenoxy) is 1. The third kappa shape index (κ3) is 3.12. The zero-order chi connectivity index (χ0) is 14.7. The predicted molar refractivity (Wildman–Crippen MR) is 87.1 cm³/mol. The molecule has 1 heterocycles. The number of alkyl halides is 1. The number of benzene rings is 2. The van der Waals surface area contributed by atoms with Crippen LogP contribution in [0.3, 0.4) is 0 Å². The van der Waals surface area contributed by atoms with E-state index in [4.69, 9.17) is 27.9 Å². The Balaban J connectivity index is 1.89. The Bertz CT molecular complexity index is 774. The van der Waals surface area contributed by atoms with Crippen molar-refractivity contribution in [1.82, 2.24) is 4.98 Å². The molecule has 0 radical (unpaired) electrons. The van der Waals surface area contributed by atoms with Crippen LogP contribution in [0, 0.1) is 0 Å². The van der Waals surface area contributed by atoms with Gasteiger partial charge in [-0.15, -0.1) is 11.6 Å². The van der Waals surface area contributed by atoms with Gasteiger partial charge in [0.2, 0.25) is 5.88 Å². The van der Waals surface area contributed by atoms with Gasteiger partial charge in [-0.05, 0) is 17.7 Å². The molecule has 106 valence electrons. The molecule has 0 aliphatic rings. The maximum atomic E-state index is 6.12. The summed E-state index contributed by atoms with van der Waals surface area (Å²) in [6.45, 7) is 0.382. The molecule has 4 heteroatoms. The van der Waals surface area contributed by atoms with Gasteiger partial charge in [0.1, 0.15) is 6.61 Å². The number of halogens is 2. The molecule has 0 amide bonds. The van der Waals surface area contributed by atoms with Gasteiger partial charge < -0.3 is 4.74 Å². The Morgan fingerprint density at radius 2 is 1.71 bits per heavy atom. The molecule has 0 bridgehead atoms. The van der Waals surface area contributed by atoms with E-state index in [1.807, 2.05) is 54.6 Å². The maximum absolute atomic E-state index is 6.12. The molecule has 1 aromatic heterocycles. The number of para-hydroxylation sites is 1. The molecule has 0 aliphatic heterocycles. The van der Waals surface area contributed by atoms with Crippen molar-refractivity contribution >= 4 is 34.1 Å². The predicted octanol–water partition coefficient (Wildman–Crippen LogP) is 5.21. The first-order chi connectivity index (χ1) is 10.3. The highest BCUT2D eigenvalue weighted by Gasteiger charge is 2.07. The van der Waals surface area contributed by atoms with Crippen molar-refractivity contribution in [3.63, 3.8) is 0 Å². The molecule has 0 N–H and O–H groups in total. The lowest BCUT2D eigenvalue weighted by atomic mass is 10.1. The van der Waals surface area contributed by atoms with Crippen LogP contribution in [0.2, 0.25) is 5.02 Å². The quantitative estimate of drug-likeness (QED) is 0.616. The van der Waals surface area contributed by atoms with Gasteiger partial charge in [0.15, 0.2) is 0 Å². The Hall–Kier alpha value is -1.77. The van der Waals surface area contributed by atoms with Crippen molar-refractivity contribution in [2.75, 3.05) is 0 Å². The number of nitrogens with zero attached hydrogens (tertiary/aromatic N) is 1. The molecule has 2 nitrogen and oxygen atoms in total. The average molecular weight is 318 g/mol. The van der Waals surface area contributed by atoms with E-state index < -0.39 is 0 Å². The van der Waals surface area contributed by atoms with E-state index in [0.717, 1.165) is 22.0 Å². The molecule has 0 atom stereocenters. The second-order valence-corrected chi connectivity index (χ2v) is 5.32. The minimum Gasteiger partial charge on any atom is -0.473 e. The van der Waals surface area contributed by atoms with E-state index in [1.54, 1.807) is 0 Å². The van der Waals surface area contributed by atoms with E-state index in [0.29, 0.717) is 23.4 Å². The van der Waals surface area contributed by atoms with Crippen molar-refractivity contribution in [1.29, 1.82) is 0 Å². The fourth-order valence-corrected chi connectivity index (χ4v) is 2.58. The lowest BCUT2D eigenvalue weighted by molar-refractivity contribution is 0.295. The number of hydrogen-bond donors (Lipinski definition) is 0. The lowest BCUT2D eigenvalue weighted by Gasteiger charge is -2.10. The zero-order valence-electron chi connectivity index (χ0n) is 11.2. The van der Waals surface area contributed by atoms with Gasteiger partial charge in [-0.1, -0.05) is 48.0 Å². The number of fused-ring (bicyclic) bond motifs is 1. The fourth-order valence-electron chi connectivity index (χ4n) is 2.17. The van der Waals surface area contributed by atoms with Gasteiger partial charge >= 0.3 is 0 Å². The number of rotatable bonds is 4. The van der Waals surface area contributed by atoms with Crippen molar-refractivity contribution < 1.29 is 4.74 Å². The highest BCUT2D eigenvalue weighted by atomic mass is 35.5. The Morgan fingerprint density at radius 1 is 0.952 bits per heavy atom. The summed E-state index contributed by atoms with van der Waals surface area (Å²) in [5, 5.41) is 1.74. The Kier molecular flexibility index (Phi) is 4.28. The SMILES string of the molecule is ClCc1cc(OCc2ccccc2Cl)nc2ccccc12. The first kappa shape index (κ1) is 14.2. The number of pyridine rings is 1. The highest BCUT2D eigenvalue weighted by Crippen LogP contribution is 2.24. The number of aromatic nitrogens is 1. The molecule has 0 fully saturated rings. The summed E-state index contributed by atoms with van der Waals surface area (Å²) < 4.78 is 5.77. The Morgan fingerprint density at radius 3 is 2.52 bits per heavy atom. The second kappa shape index (κ2) is 6.33. The molecular weight excluding hydrogens is 305 g/mol. The molecule has 0 unspecified atom stereocenters. The Labute approximate surface area is 133 Å². The van der Waals surface area contributed by atoms with E-state index >= 15 is 0 Å². The zero-order valence-corrected chi connectivity index (χ0v) is 12.7. The van der Waals surface area contributed by atoms with Gasteiger partial charge in [0, 0.05) is 27.9 Å². The van der Waals surface area contributed by atoms with Gasteiger partial charge in [-0.3, -0.25) is 0 Å². The van der Waals surface area contributed by atoms with Crippen LogP contribution in [0.4, 0.5) is 0 Å². The minimum atomic E-state index is 0.382. The molecule has 3 aromatic rings.